The second-order valence-electron chi connectivity index (χ2n) is 5.16. The Morgan fingerprint density at radius 1 is 1.19 bits per heavy atom. The van der Waals surface area contributed by atoms with E-state index in [1.807, 2.05) is 0 Å². The van der Waals surface area contributed by atoms with Gasteiger partial charge in [0.15, 0.2) is 0 Å². The number of hydrogen-bond donors (Lipinski definition) is 2. The van der Waals surface area contributed by atoms with E-state index in [4.69, 9.17) is 5.73 Å². The molecule has 0 radical (unpaired) electrons. The summed E-state index contributed by atoms with van der Waals surface area (Å²) in [7, 11) is 0. The number of hydrogen-bond acceptors (Lipinski definition) is 5. The minimum atomic E-state index is 0.305. The third-order valence-electron chi connectivity index (χ3n) is 3.44. The smallest absolute Gasteiger partial charge is 0.223 e. The van der Waals surface area contributed by atoms with Gasteiger partial charge in [0.25, 0.3) is 0 Å². The van der Waals surface area contributed by atoms with Gasteiger partial charge in [-0.25, -0.2) is 4.98 Å². The Bertz CT molecular complexity index is 807. The molecule has 3 rings (SSSR count). The second-order valence-corrected chi connectivity index (χ2v) is 6.27. The summed E-state index contributed by atoms with van der Waals surface area (Å²) in [5.74, 6) is 1.08. The van der Waals surface area contributed by atoms with Crippen LogP contribution in [0.3, 0.4) is 0 Å². The van der Waals surface area contributed by atoms with Crippen LogP contribution >= 0.6 is 11.3 Å². The highest BCUT2D eigenvalue weighted by atomic mass is 32.1. The number of nitrogen functional groups attached to an aromatic ring is 1. The van der Waals surface area contributed by atoms with Gasteiger partial charge < -0.3 is 11.1 Å². The Morgan fingerprint density at radius 2 is 2.00 bits per heavy atom. The number of aryl methyl sites for hydroxylation is 3. The first kappa shape index (κ1) is 13.8. The van der Waals surface area contributed by atoms with Gasteiger partial charge in [0, 0.05) is 10.6 Å². The van der Waals surface area contributed by atoms with Crippen molar-refractivity contribution in [2.45, 2.75) is 27.2 Å². The van der Waals surface area contributed by atoms with E-state index in [1.165, 1.54) is 16.0 Å². The molecule has 0 saturated carbocycles. The number of aromatic nitrogens is 2. The maximum absolute atomic E-state index is 5.84. The average Bonchev–Trinajstić information content (AvgIpc) is 2.85. The van der Waals surface area contributed by atoms with Crippen LogP contribution in [0.5, 0.6) is 0 Å². The fraction of sp³-hybridized carbons (Fsp3) is 0.250. The predicted octanol–water partition coefficient (Wildman–Crippen LogP) is 4.20. The maximum atomic E-state index is 5.84. The van der Waals surface area contributed by atoms with Crippen LogP contribution in [0.25, 0.3) is 10.2 Å². The van der Waals surface area contributed by atoms with Gasteiger partial charge >= 0.3 is 0 Å². The molecule has 4 nitrogen and oxygen atoms in total. The van der Waals surface area contributed by atoms with E-state index in [0.29, 0.717) is 5.95 Å². The van der Waals surface area contributed by atoms with E-state index >= 15 is 0 Å². The van der Waals surface area contributed by atoms with Crippen molar-refractivity contribution in [1.82, 2.24) is 9.97 Å². The van der Waals surface area contributed by atoms with Gasteiger partial charge in [-0.05, 0) is 38.0 Å². The molecule has 2 aromatic heterocycles. The van der Waals surface area contributed by atoms with Crippen LogP contribution in [-0.2, 0) is 6.42 Å². The Kier molecular flexibility index (Phi) is 3.51. The minimum Gasteiger partial charge on any atom is -0.368 e. The molecule has 2 heterocycles. The fourth-order valence-corrected chi connectivity index (χ4v) is 3.31. The van der Waals surface area contributed by atoms with Crippen LogP contribution in [0.1, 0.15) is 22.9 Å². The summed E-state index contributed by atoms with van der Waals surface area (Å²) in [5.41, 5.74) is 9.31. The van der Waals surface area contributed by atoms with Crippen molar-refractivity contribution in [3.8, 4) is 0 Å². The molecule has 21 heavy (non-hydrogen) atoms. The summed E-state index contributed by atoms with van der Waals surface area (Å²) in [6, 6.07) is 8.45. The minimum absolute atomic E-state index is 0.305. The van der Waals surface area contributed by atoms with Crippen LogP contribution in [-0.4, -0.2) is 9.97 Å². The highest BCUT2D eigenvalue weighted by Gasteiger charge is 2.11. The standard InChI is InChI=1S/C16H18N4S/c1-4-11-8-12-14(19-16(17)20-15(12)21-11)18-13-6-5-9(2)7-10(13)3/h5-8H,4H2,1-3H3,(H3,17,18,19,20). The molecule has 5 heteroatoms. The lowest BCUT2D eigenvalue weighted by Crippen LogP contribution is -2.01. The number of nitrogens with zero attached hydrogens (tertiary/aromatic N) is 2. The molecule has 0 aliphatic carbocycles. The molecule has 3 aromatic rings. The summed E-state index contributed by atoms with van der Waals surface area (Å²) in [4.78, 5) is 10.9. The summed E-state index contributed by atoms with van der Waals surface area (Å²) in [6.07, 6.45) is 0.990. The first-order valence-corrected chi connectivity index (χ1v) is 7.78. The largest absolute Gasteiger partial charge is 0.368 e. The highest BCUT2D eigenvalue weighted by molar-refractivity contribution is 7.18. The summed E-state index contributed by atoms with van der Waals surface area (Å²) in [6.45, 7) is 6.31. The van der Waals surface area contributed by atoms with E-state index in [9.17, 15) is 0 Å². The summed E-state index contributed by atoms with van der Waals surface area (Å²) in [5, 5.41) is 4.43. The first-order valence-electron chi connectivity index (χ1n) is 6.97. The molecule has 0 atom stereocenters. The van der Waals surface area contributed by atoms with Gasteiger partial charge in [0.1, 0.15) is 10.6 Å². The van der Waals surface area contributed by atoms with E-state index in [0.717, 1.165) is 28.1 Å². The molecular formula is C16H18N4S. The summed E-state index contributed by atoms with van der Waals surface area (Å²) < 4.78 is 0. The zero-order valence-electron chi connectivity index (χ0n) is 12.4. The number of fused-ring (bicyclic) bond motifs is 1. The van der Waals surface area contributed by atoms with Gasteiger partial charge in [-0.15, -0.1) is 11.3 Å². The van der Waals surface area contributed by atoms with E-state index < -0.39 is 0 Å². The van der Waals surface area contributed by atoms with Crippen molar-refractivity contribution in [2.75, 3.05) is 11.1 Å². The number of thiophene rings is 1. The number of anilines is 3. The fourth-order valence-electron chi connectivity index (χ4n) is 2.34. The van der Waals surface area contributed by atoms with Crippen LogP contribution in [0.15, 0.2) is 24.3 Å². The average molecular weight is 298 g/mol. The molecule has 0 fully saturated rings. The monoisotopic (exact) mass is 298 g/mol. The molecule has 0 unspecified atom stereocenters. The van der Waals surface area contributed by atoms with Crippen molar-refractivity contribution >= 4 is 39.0 Å². The SMILES string of the molecule is CCc1cc2c(Nc3ccc(C)cc3C)nc(N)nc2s1. The number of rotatable bonds is 3. The Labute approximate surface area is 128 Å². The van der Waals surface area contributed by atoms with Crippen LogP contribution in [0.2, 0.25) is 0 Å². The number of nitrogens with two attached hydrogens (primary N) is 1. The third kappa shape index (κ3) is 2.69. The Hall–Kier alpha value is -2.14. The van der Waals surface area contributed by atoms with Gasteiger partial charge in [0.2, 0.25) is 5.95 Å². The van der Waals surface area contributed by atoms with Crippen molar-refractivity contribution in [3.05, 3.63) is 40.3 Å². The van der Waals surface area contributed by atoms with Crippen LogP contribution < -0.4 is 11.1 Å². The highest BCUT2D eigenvalue weighted by Crippen LogP contribution is 2.32. The lowest BCUT2D eigenvalue weighted by Gasteiger charge is -2.10. The molecule has 1 aromatic carbocycles. The predicted molar refractivity (Wildman–Crippen MR) is 90.4 cm³/mol. The van der Waals surface area contributed by atoms with E-state index in [1.54, 1.807) is 11.3 Å². The summed E-state index contributed by atoms with van der Waals surface area (Å²) >= 11 is 1.67. The Balaban J connectivity index is 2.08. The van der Waals surface area contributed by atoms with Crippen molar-refractivity contribution in [3.63, 3.8) is 0 Å². The molecule has 0 aliphatic rings. The zero-order valence-corrected chi connectivity index (χ0v) is 13.2. The molecule has 0 saturated heterocycles. The lowest BCUT2D eigenvalue weighted by atomic mass is 10.1. The number of benzene rings is 1. The van der Waals surface area contributed by atoms with Gasteiger partial charge in [-0.3, -0.25) is 0 Å². The molecular weight excluding hydrogens is 280 g/mol. The second kappa shape index (κ2) is 5.33. The van der Waals surface area contributed by atoms with Crippen molar-refractivity contribution in [1.29, 1.82) is 0 Å². The molecule has 3 N–H and O–H groups in total. The Morgan fingerprint density at radius 3 is 2.71 bits per heavy atom. The van der Waals surface area contributed by atoms with E-state index in [2.05, 4.69) is 60.3 Å². The molecule has 0 amide bonds. The van der Waals surface area contributed by atoms with E-state index in [-0.39, 0.29) is 0 Å². The molecule has 0 aliphatic heterocycles. The lowest BCUT2D eigenvalue weighted by molar-refractivity contribution is 1.19. The molecule has 0 spiro atoms. The van der Waals surface area contributed by atoms with Gasteiger partial charge in [0.05, 0.1) is 5.39 Å². The van der Waals surface area contributed by atoms with Crippen LogP contribution in [0.4, 0.5) is 17.5 Å². The van der Waals surface area contributed by atoms with Gasteiger partial charge in [-0.2, -0.15) is 4.98 Å². The van der Waals surface area contributed by atoms with Gasteiger partial charge in [-0.1, -0.05) is 24.6 Å². The normalized spacial score (nSPS) is 11.0. The van der Waals surface area contributed by atoms with Crippen molar-refractivity contribution < 1.29 is 0 Å². The maximum Gasteiger partial charge on any atom is 0.223 e. The quantitative estimate of drug-likeness (QED) is 0.760. The molecule has 0 bridgehead atoms. The third-order valence-corrected chi connectivity index (χ3v) is 4.62. The zero-order chi connectivity index (χ0) is 15.0. The molecule has 108 valence electrons. The first-order chi connectivity index (χ1) is 10.1. The number of nitrogens with one attached hydrogen (secondary N) is 1. The topological polar surface area (TPSA) is 63.8 Å². The van der Waals surface area contributed by atoms with Crippen LogP contribution in [0, 0.1) is 13.8 Å². The van der Waals surface area contributed by atoms with Crippen molar-refractivity contribution in [2.24, 2.45) is 0 Å².